The first-order valence-corrected chi connectivity index (χ1v) is 7.78. The molecule has 1 atom stereocenters. The average Bonchev–Trinajstić information content (AvgIpc) is 2.63. The summed E-state index contributed by atoms with van der Waals surface area (Å²) in [6.45, 7) is 2.14. The molecule has 0 saturated heterocycles. The molecule has 2 rings (SSSR count). The highest BCUT2D eigenvalue weighted by molar-refractivity contribution is 7.60. The molecule has 0 bridgehead atoms. The summed E-state index contributed by atoms with van der Waals surface area (Å²) in [5.74, 6) is 0. The molecule has 1 aromatic rings. The van der Waals surface area contributed by atoms with Gasteiger partial charge in [0.25, 0.3) is 0 Å². The van der Waals surface area contributed by atoms with Gasteiger partial charge in [-0.25, -0.2) is 9.34 Å². The number of hydrogen-bond donors (Lipinski definition) is 0. The van der Waals surface area contributed by atoms with Crippen LogP contribution in [-0.2, 0) is 11.0 Å². The van der Waals surface area contributed by atoms with Crippen LogP contribution in [0.15, 0.2) is 24.3 Å². The Kier molecular flexibility index (Phi) is 3.54. The van der Waals surface area contributed by atoms with Gasteiger partial charge in [0.05, 0.1) is 0 Å². The average molecular weight is 267 g/mol. The Morgan fingerprint density at radius 3 is 2.28 bits per heavy atom. The van der Waals surface area contributed by atoms with E-state index in [1.807, 2.05) is 49.7 Å². The Bertz CT molecular complexity index is 475. The van der Waals surface area contributed by atoms with Gasteiger partial charge in [-0.1, -0.05) is 18.2 Å². The van der Waals surface area contributed by atoms with Crippen LogP contribution in [0.25, 0.3) is 0 Å². The van der Waals surface area contributed by atoms with Crippen molar-refractivity contribution in [1.82, 2.24) is 9.34 Å². The second kappa shape index (κ2) is 4.69. The fourth-order valence-corrected chi connectivity index (χ4v) is 5.25. The zero-order valence-electron chi connectivity index (χ0n) is 11.8. The van der Waals surface area contributed by atoms with Crippen LogP contribution in [0.2, 0.25) is 0 Å². The molecule has 0 aliphatic carbocycles. The molecule has 0 fully saturated rings. The van der Waals surface area contributed by atoms with Gasteiger partial charge in [0.15, 0.2) is 0 Å². The molecular formula is C13H22N3OP. The zero-order valence-corrected chi connectivity index (χ0v) is 12.7. The molecule has 0 saturated carbocycles. The smallest absolute Gasteiger partial charge is 0.296 e. The third-order valence-corrected chi connectivity index (χ3v) is 6.75. The van der Waals surface area contributed by atoms with E-state index in [2.05, 4.69) is 23.7 Å². The van der Waals surface area contributed by atoms with Gasteiger partial charge in [0.1, 0.15) is 0 Å². The molecule has 18 heavy (non-hydrogen) atoms. The molecule has 0 radical (unpaired) electrons. The maximum atomic E-state index is 13.4. The summed E-state index contributed by atoms with van der Waals surface area (Å²) >= 11 is 0. The largest absolute Gasteiger partial charge is 0.310 e. The minimum atomic E-state index is -2.70. The monoisotopic (exact) mass is 267 g/mol. The number of rotatable bonds is 3. The first kappa shape index (κ1) is 13.6. The second-order valence-electron chi connectivity index (χ2n) is 5.23. The van der Waals surface area contributed by atoms with Crippen molar-refractivity contribution in [1.29, 1.82) is 0 Å². The third kappa shape index (κ3) is 1.89. The fraction of sp³-hybridized carbons (Fsp3) is 0.538. The molecule has 0 spiro atoms. The number of fused-ring (bicyclic) bond motifs is 1. The topological polar surface area (TPSA) is 26.8 Å². The predicted octanol–water partition coefficient (Wildman–Crippen LogP) is 2.67. The third-order valence-electron chi connectivity index (χ3n) is 3.49. The predicted molar refractivity (Wildman–Crippen MR) is 77.1 cm³/mol. The lowest BCUT2D eigenvalue weighted by Gasteiger charge is -2.41. The summed E-state index contributed by atoms with van der Waals surface area (Å²) in [4.78, 5) is 0. The molecule has 0 N–H and O–H groups in total. The van der Waals surface area contributed by atoms with Crippen LogP contribution < -0.4 is 4.67 Å². The summed E-state index contributed by atoms with van der Waals surface area (Å²) in [6.07, 6.45) is 0.960. The van der Waals surface area contributed by atoms with Gasteiger partial charge in [0, 0.05) is 11.7 Å². The molecule has 1 aliphatic heterocycles. The van der Waals surface area contributed by atoms with Crippen molar-refractivity contribution < 1.29 is 4.57 Å². The van der Waals surface area contributed by atoms with Gasteiger partial charge < -0.3 is 0 Å². The summed E-state index contributed by atoms with van der Waals surface area (Å²) in [5.41, 5.74) is 2.39. The quantitative estimate of drug-likeness (QED) is 0.787. The molecule has 1 heterocycles. The number of para-hydroxylation sites is 1. The summed E-state index contributed by atoms with van der Waals surface area (Å²) in [7, 11) is 4.83. The first-order chi connectivity index (χ1) is 8.39. The van der Waals surface area contributed by atoms with Gasteiger partial charge in [-0.15, -0.1) is 0 Å². The van der Waals surface area contributed by atoms with Crippen LogP contribution in [0.5, 0.6) is 0 Å². The van der Waals surface area contributed by atoms with E-state index in [-0.39, 0.29) is 6.04 Å². The molecule has 0 aromatic heterocycles. The SMILES string of the molecule is C[C@@H]1Cc2ccccc2N1P(=O)(N(C)C)N(C)C. The van der Waals surface area contributed by atoms with E-state index in [0.717, 1.165) is 12.1 Å². The van der Waals surface area contributed by atoms with Gasteiger partial charge in [-0.3, -0.25) is 9.24 Å². The summed E-state index contributed by atoms with van der Waals surface area (Å²) in [5, 5.41) is 0. The van der Waals surface area contributed by atoms with Crippen LogP contribution in [0.4, 0.5) is 5.69 Å². The Balaban J connectivity index is 2.53. The molecule has 1 aliphatic rings. The standard InChI is InChI=1S/C13H22N3OP/c1-11-10-12-8-6-7-9-13(12)16(11)18(17,14(2)3)15(4)5/h6-9,11H,10H2,1-5H3/t11-/m1/s1. The van der Waals surface area contributed by atoms with E-state index in [0.29, 0.717) is 0 Å². The van der Waals surface area contributed by atoms with E-state index >= 15 is 0 Å². The maximum Gasteiger partial charge on any atom is 0.310 e. The van der Waals surface area contributed by atoms with Crippen molar-refractivity contribution in [2.24, 2.45) is 0 Å². The second-order valence-corrected chi connectivity index (χ2v) is 8.29. The number of hydrogen-bond acceptors (Lipinski definition) is 1. The van der Waals surface area contributed by atoms with Crippen molar-refractivity contribution in [2.45, 2.75) is 19.4 Å². The lowest BCUT2D eigenvalue weighted by molar-refractivity contribution is 0.438. The highest BCUT2D eigenvalue weighted by Crippen LogP contribution is 2.59. The molecule has 5 heteroatoms. The Morgan fingerprint density at radius 1 is 1.17 bits per heavy atom. The van der Waals surface area contributed by atoms with Crippen molar-refractivity contribution in [3.8, 4) is 0 Å². The maximum absolute atomic E-state index is 13.4. The van der Waals surface area contributed by atoms with E-state index < -0.39 is 7.59 Å². The number of benzene rings is 1. The highest BCUT2D eigenvalue weighted by Gasteiger charge is 2.42. The van der Waals surface area contributed by atoms with Gasteiger partial charge in [0.2, 0.25) is 0 Å². The molecular weight excluding hydrogens is 245 g/mol. The minimum absolute atomic E-state index is 0.262. The molecule has 0 unspecified atom stereocenters. The Morgan fingerprint density at radius 2 is 1.72 bits per heavy atom. The van der Waals surface area contributed by atoms with Crippen LogP contribution in [0.3, 0.4) is 0 Å². The fourth-order valence-electron chi connectivity index (χ4n) is 2.69. The molecule has 0 amide bonds. The van der Waals surface area contributed by atoms with Gasteiger partial charge in [-0.2, -0.15) is 0 Å². The molecule has 100 valence electrons. The number of nitrogens with zero attached hydrogens (tertiary/aromatic N) is 3. The van der Waals surface area contributed by atoms with Crippen LogP contribution in [-0.4, -0.2) is 43.6 Å². The van der Waals surface area contributed by atoms with Crippen molar-refractivity contribution in [3.63, 3.8) is 0 Å². The number of anilines is 1. The van der Waals surface area contributed by atoms with Crippen molar-refractivity contribution >= 4 is 13.3 Å². The molecule has 1 aromatic carbocycles. The highest BCUT2D eigenvalue weighted by atomic mass is 31.2. The van der Waals surface area contributed by atoms with Crippen LogP contribution in [0.1, 0.15) is 12.5 Å². The van der Waals surface area contributed by atoms with E-state index in [1.54, 1.807) is 0 Å². The van der Waals surface area contributed by atoms with Crippen LogP contribution in [0, 0.1) is 0 Å². The van der Waals surface area contributed by atoms with Crippen LogP contribution >= 0.6 is 7.59 Å². The summed E-state index contributed by atoms with van der Waals surface area (Å²) in [6, 6.07) is 8.52. The van der Waals surface area contributed by atoms with Crippen molar-refractivity contribution in [2.75, 3.05) is 32.9 Å². The first-order valence-electron chi connectivity index (χ1n) is 6.22. The van der Waals surface area contributed by atoms with E-state index in [1.165, 1.54) is 5.56 Å². The zero-order chi connectivity index (χ0) is 13.5. The lowest BCUT2D eigenvalue weighted by atomic mass is 10.1. The van der Waals surface area contributed by atoms with E-state index in [4.69, 9.17) is 0 Å². The van der Waals surface area contributed by atoms with E-state index in [9.17, 15) is 4.57 Å². The van der Waals surface area contributed by atoms with Gasteiger partial charge in [-0.05, 0) is 53.2 Å². The van der Waals surface area contributed by atoms with Crippen molar-refractivity contribution in [3.05, 3.63) is 29.8 Å². The molecule has 4 nitrogen and oxygen atoms in total. The minimum Gasteiger partial charge on any atom is -0.296 e. The Labute approximate surface area is 110 Å². The van der Waals surface area contributed by atoms with Gasteiger partial charge >= 0.3 is 7.59 Å². The lowest BCUT2D eigenvalue weighted by Crippen LogP contribution is -2.38. The summed E-state index contributed by atoms with van der Waals surface area (Å²) < 4.78 is 19.1. The normalized spacial score (nSPS) is 19.7. The Hall–Kier alpha value is -0.830.